The largest absolute Gasteiger partial charge is 0.379 e. The molecule has 2 heterocycles. The highest BCUT2D eigenvalue weighted by molar-refractivity contribution is 5.32. The molecule has 0 amide bonds. The van der Waals surface area contributed by atoms with Crippen LogP contribution in [-0.4, -0.2) is 53.8 Å². The molecule has 0 aliphatic carbocycles. The van der Waals surface area contributed by atoms with Crippen molar-refractivity contribution in [3.05, 3.63) is 18.6 Å². The van der Waals surface area contributed by atoms with Crippen molar-refractivity contribution in [3.63, 3.8) is 0 Å². The Labute approximate surface area is 95.8 Å². The third kappa shape index (κ3) is 3.43. The summed E-state index contributed by atoms with van der Waals surface area (Å²) in [5.74, 6) is 0.885. The molecule has 1 saturated heterocycles. The van der Waals surface area contributed by atoms with Gasteiger partial charge in [0.05, 0.1) is 13.2 Å². The predicted molar refractivity (Wildman–Crippen MR) is 62.4 cm³/mol. The minimum absolute atomic E-state index is 0.382. The van der Waals surface area contributed by atoms with Gasteiger partial charge in [-0.05, 0) is 13.0 Å². The molecule has 16 heavy (non-hydrogen) atoms. The number of rotatable bonds is 4. The van der Waals surface area contributed by atoms with Gasteiger partial charge in [-0.25, -0.2) is 9.97 Å². The lowest BCUT2D eigenvalue weighted by Crippen LogP contribution is -2.42. The predicted octanol–water partition coefficient (Wildman–Crippen LogP) is 0.609. The first-order valence-corrected chi connectivity index (χ1v) is 5.67. The summed E-state index contributed by atoms with van der Waals surface area (Å²) >= 11 is 0. The second-order valence-electron chi connectivity index (χ2n) is 4.05. The fourth-order valence-corrected chi connectivity index (χ4v) is 1.85. The van der Waals surface area contributed by atoms with Crippen LogP contribution in [0.4, 0.5) is 5.82 Å². The van der Waals surface area contributed by atoms with Crippen molar-refractivity contribution in [2.45, 2.75) is 13.0 Å². The Morgan fingerprint density at radius 1 is 1.50 bits per heavy atom. The second-order valence-corrected chi connectivity index (χ2v) is 4.05. The standard InChI is InChI=1S/C11H18N4O/c1-10(8-15-4-6-16-7-5-15)14-11-2-3-12-9-13-11/h2-3,9-10H,4-8H2,1H3,(H,12,13,14)/t10-/m0/s1. The first kappa shape index (κ1) is 11.3. The van der Waals surface area contributed by atoms with Gasteiger partial charge in [0.2, 0.25) is 0 Å². The molecule has 0 radical (unpaired) electrons. The monoisotopic (exact) mass is 222 g/mol. The van der Waals surface area contributed by atoms with Crippen LogP contribution in [0.3, 0.4) is 0 Å². The molecule has 0 spiro atoms. The molecule has 1 aliphatic rings. The van der Waals surface area contributed by atoms with Crippen LogP contribution in [0, 0.1) is 0 Å². The number of hydrogen-bond donors (Lipinski definition) is 1. The molecule has 0 saturated carbocycles. The van der Waals surface area contributed by atoms with Gasteiger partial charge in [0, 0.05) is 31.9 Å². The van der Waals surface area contributed by atoms with Gasteiger partial charge in [-0.1, -0.05) is 0 Å². The van der Waals surface area contributed by atoms with E-state index in [1.54, 1.807) is 12.5 Å². The van der Waals surface area contributed by atoms with Gasteiger partial charge < -0.3 is 10.1 Å². The van der Waals surface area contributed by atoms with Gasteiger partial charge in [0.1, 0.15) is 12.1 Å². The lowest BCUT2D eigenvalue weighted by molar-refractivity contribution is 0.0368. The van der Waals surface area contributed by atoms with E-state index in [2.05, 4.69) is 27.1 Å². The molecule has 1 aromatic rings. The molecule has 0 aromatic carbocycles. The van der Waals surface area contributed by atoms with E-state index in [9.17, 15) is 0 Å². The zero-order valence-electron chi connectivity index (χ0n) is 9.59. The summed E-state index contributed by atoms with van der Waals surface area (Å²) in [6.07, 6.45) is 3.31. The summed E-state index contributed by atoms with van der Waals surface area (Å²) in [4.78, 5) is 10.4. The maximum absolute atomic E-state index is 5.32. The third-order valence-corrected chi connectivity index (χ3v) is 2.61. The van der Waals surface area contributed by atoms with Crippen molar-refractivity contribution in [1.82, 2.24) is 14.9 Å². The van der Waals surface area contributed by atoms with Crippen LogP contribution in [0.5, 0.6) is 0 Å². The second kappa shape index (κ2) is 5.77. The molecule has 5 nitrogen and oxygen atoms in total. The molecular formula is C11H18N4O. The molecule has 88 valence electrons. The molecule has 1 N–H and O–H groups in total. The van der Waals surface area contributed by atoms with Crippen molar-refractivity contribution in [3.8, 4) is 0 Å². The van der Waals surface area contributed by atoms with Crippen LogP contribution in [0.2, 0.25) is 0 Å². The quantitative estimate of drug-likeness (QED) is 0.809. The summed E-state index contributed by atoms with van der Waals surface area (Å²) in [6.45, 7) is 6.93. The number of nitrogens with zero attached hydrogens (tertiary/aromatic N) is 3. The zero-order valence-corrected chi connectivity index (χ0v) is 9.59. The molecule has 5 heteroatoms. The Hall–Kier alpha value is -1.20. The summed E-state index contributed by atoms with van der Waals surface area (Å²) in [5.41, 5.74) is 0. The average molecular weight is 222 g/mol. The average Bonchev–Trinajstić information content (AvgIpc) is 2.31. The first-order chi connectivity index (χ1) is 7.84. The molecule has 1 aromatic heterocycles. The van der Waals surface area contributed by atoms with E-state index in [4.69, 9.17) is 4.74 Å². The van der Waals surface area contributed by atoms with Crippen LogP contribution in [0.25, 0.3) is 0 Å². The molecular weight excluding hydrogens is 204 g/mol. The Kier molecular flexibility index (Phi) is 4.07. The Morgan fingerprint density at radius 3 is 3.00 bits per heavy atom. The fourth-order valence-electron chi connectivity index (χ4n) is 1.85. The third-order valence-electron chi connectivity index (χ3n) is 2.61. The molecule has 1 atom stereocenters. The lowest BCUT2D eigenvalue weighted by atomic mass is 10.3. The maximum Gasteiger partial charge on any atom is 0.129 e. The van der Waals surface area contributed by atoms with E-state index in [0.29, 0.717) is 6.04 Å². The SMILES string of the molecule is C[C@@H](CN1CCOCC1)Nc1ccncn1. The van der Waals surface area contributed by atoms with Crippen molar-refractivity contribution >= 4 is 5.82 Å². The van der Waals surface area contributed by atoms with E-state index >= 15 is 0 Å². The summed E-state index contributed by atoms with van der Waals surface area (Å²) in [6, 6.07) is 2.27. The number of nitrogens with one attached hydrogen (secondary N) is 1. The fraction of sp³-hybridized carbons (Fsp3) is 0.636. The number of morpholine rings is 1. The van der Waals surface area contributed by atoms with Crippen LogP contribution in [0.1, 0.15) is 6.92 Å². The van der Waals surface area contributed by atoms with E-state index in [1.807, 2.05) is 6.07 Å². The summed E-state index contributed by atoms with van der Waals surface area (Å²) in [7, 11) is 0. The highest BCUT2D eigenvalue weighted by Crippen LogP contribution is 2.04. The topological polar surface area (TPSA) is 50.3 Å². The molecule has 0 unspecified atom stereocenters. The highest BCUT2D eigenvalue weighted by Gasteiger charge is 2.13. The Bertz CT molecular complexity index is 300. The van der Waals surface area contributed by atoms with Gasteiger partial charge in [-0.3, -0.25) is 4.90 Å². The minimum atomic E-state index is 0.382. The summed E-state index contributed by atoms with van der Waals surface area (Å²) < 4.78 is 5.32. The van der Waals surface area contributed by atoms with E-state index in [0.717, 1.165) is 38.7 Å². The normalized spacial score (nSPS) is 19.3. The smallest absolute Gasteiger partial charge is 0.129 e. The van der Waals surface area contributed by atoms with E-state index < -0.39 is 0 Å². The number of anilines is 1. The van der Waals surface area contributed by atoms with Gasteiger partial charge in [0.15, 0.2) is 0 Å². The molecule has 0 bridgehead atoms. The number of aromatic nitrogens is 2. The van der Waals surface area contributed by atoms with Crippen LogP contribution >= 0.6 is 0 Å². The Balaban J connectivity index is 1.77. The van der Waals surface area contributed by atoms with Crippen LogP contribution < -0.4 is 5.32 Å². The first-order valence-electron chi connectivity index (χ1n) is 5.67. The van der Waals surface area contributed by atoms with Crippen LogP contribution in [-0.2, 0) is 4.74 Å². The van der Waals surface area contributed by atoms with Crippen LogP contribution in [0.15, 0.2) is 18.6 Å². The van der Waals surface area contributed by atoms with Gasteiger partial charge in [-0.15, -0.1) is 0 Å². The van der Waals surface area contributed by atoms with Gasteiger partial charge in [0.25, 0.3) is 0 Å². The number of hydrogen-bond acceptors (Lipinski definition) is 5. The lowest BCUT2D eigenvalue weighted by Gasteiger charge is -2.29. The van der Waals surface area contributed by atoms with Gasteiger partial charge >= 0.3 is 0 Å². The zero-order chi connectivity index (χ0) is 11.2. The van der Waals surface area contributed by atoms with Crippen molar-refractivity contribution in [1.29, 1.82) is 0 Å². The molecule has 2 rings (SSSR count). The van der Waals surface area contributed by atoms with Crippen molar-refractivity contribution in [2.75, 3.05) is 38.2 Å². The van der Waals surface area contributed by atoms with E-state index in [-0.39, 0.29) is 0 Å². The molecule has 1 aliphatic heterocycles. The van der Waals surface area contributed by atoms with Gasteiger partial charge in [-0.2, -0.15) is 0 Å². The minimum Gasteiger partial charge on any atom is -0.379 e. The Morgan fingerprint density at radius 2 is 2.31 bits per heavy atom. The van der Waals surface area contributed by atoms with Crippen molar-refractivity contribution in [2.24, 2.45) is 0 Å². The molecule has 1 fully saturated rings. The van der Waals surface area contributed by atoms with E-state index in [1.165, 1.54) is 0 Å². The summed E-state index contributed by atoms with van der Waals surface area (Å²) in [5, 5.41) is 3.36. The highest BCUT2D eigenvalue weighted by atomic mass is 16.5. The number of ether oxygens (including phenoxy) is 1. The van der Waals surface area contributed by atoms with Crippen molar-refractivity contribution < 1.29 is 4.74 Å². The maximum atomic E-state index is 5.32.